The molecule has 0 saturated heterocycles. The van der Waals surface area contributed by atoms with E-state index in [2.05, 4.69) is 21.4 Å². The lowest BCUT2D eigenvalue weighted by Gasteiger charge is -1.40. The highest BCUT2D eigenvalue weighted by Crippen LogP contribution is 2.08. The Bertz CT molecular complexity index is 12.9. The summed E-state index contributed by atoms with van der Waals surface area (Å²) in [5.74, 6) is 0. The first kappa shape index (κ1) is 31.2. The van der Waals surface area contributed by atoms with Crippen LogP contribution in [-0.4, -0.2) is 0 Å². The number of hydrogen-bond acceptors (Lipinski definition) is 1. The normalized spacial score (nSPS) is 2.57. The van der Waals surface area contributed by atoms with E-state index in [1.807, 2.05) is 0 Å². The highest BCUT2D eigenvalue weighted by molar-refractivity contribution is 14.0. The molecule has 0 amide bonds. The van der Waals surface area contributed by atoms with Crippen molar-refractivity contribution < 1.29 is 0 Å². The molecule has 0 aromatic carbocycles. The lowest BCUT2D eigenvalue weighted by molar-refractivity contribution is 5.06. The lowest BCUT2D eigenvalue weighted by atomic mass is 31.0. The second-order valence-corrected chi connectivity index (χ2v) is 1.57. The second kappa shape index (κ2) is 33.7. The largest absolute Gasteiger partial charge is 0.153 e. The van der Waals surface area contributed by atoms with Crippen LogP contribution in [0.3, 0.4) is 0 Å². The molecule has 0 aliphatic heterocycles. The van der Waals surface area contributed by atoms with E-state index in [0.29, 0.717) is 10.2 Å². The van der Waals surface area contributed by atoms with Crippen molar-refractivity contribution >= 4 is 113 Å². The molecule has 52 valence electrons. The van der Waals surface area contributed by atoms with Crippen molar-refractivity contribution in [3.8, 4) is 0 Å². The molecule has 0 aliphatic carbocycles. The zero-order chi connectivity index (χ0) is 2.71. The molecule has 0 heterocycles. The molecule has 7 heavy (non-hydrogen) atoms. The van der Waals surface area contributed by atoms with Crippen molar-refractivity contribution in [3.05, 3.63) is 0 Å². The summed E-state index contributed by atoms with van der Waals surface area (Å²) in [4.78, 5) is 0. The standard InChI is InChI=1S/Cl2S.3HI.H3P/c1-3-2;;;;/h;3*1H;1H3. The maximum absolute atomic E-state index is 4.68. The summed E-state index contributed by atoms with van der Waals surface area (Å²) in [5.41, 5.74) is 0. The van der Waals surface area contributed by atoms with Crippen LogP contribution in [0, 0.1) is 0 Å². The fourth-order valence-electron chi connectivity index (χ4n) is 0. The highest BCUT2D eigenvalue weighted by Gasteiger charge is 1.43. The van der Waals surface area contributed by atoms with Crippen molar-refractivity contribution in [2.24, 2.45) is 0 Å². The summed E-state index contributed by atoms with van der Waals surface area (Å²) in [6.45, 7) is 0. The van der Waals surface area contributed by atoms with Gasteiger partial charge >= 0.3 is 0 Å². The first-order valence-corrected chi connectivity index (χ1v) is 2.78. The van der Waals surface area contributed by atoms with Crippen LogP contribution < -0.4 is 0 Å². The Balaban J connectivity index is -0.00000000333. The molecule has 7 heteroatoms. The average molecular weight is 521 g/mol. The van der Waals surface area contributed by atoms with Gasteiger partial charge in [-0.2, -0.15) is 9.90 Å². The van der Waals surface area contributed by atoms with Crippen LogP contribution in [0.5, 0.6) is 0 Å². The third kappa shape index (κ3) is 43.2. The van der Waals surface area contributed by atoms with Crippen molar-refractivity contribution in [3.63, 3.8) is 0 Å². The van der Waals surface area contributed by atoms with Crippen molar-refractivity contribution in [2.75, 3.05) is 0 Å². The molecule has 0 spiro atoms. The summed E-state index contributed by atoms with van der Waals surface area (Å²) >= 11 is 0. The van der Waals surface area contributed by atoms with E-state index in [9.17, 15) is 0 Å². The van der Waals surface area contributed by atoms with Gasteiger partial charge in [-0.15, -0.1) is 71.9 Å². The molecular weight excluding hydrogens is 515 g/mol. The monoisotopic (exact) mass is 520 g/mol. The van der Waals surface area contributed by atoms with E-state index in [0.717, 1.165) is 0 Å². The molecule has 0 aromatic heterocycles. The molecule has 1 atom stereocenters. The van der Waals surface area contributed by atoms with Gasteiger partial charge in [0.2, 0.25) is 0 Å². The van der Waals surface area contributed by atoms with Crippen LogP contribution in [-0.2, 0) is 0 Å². The number of hydrogen-bond donors (Lipinski definition) is 0. The highest BCUT2D eigenvalue weighted by atomic mass is 127. The fraction of sp³-hybridized carbons (Fsp3) is 0. The van der Waals surface area contributed by atoms with Gasteiger partial charge in [-0.1, -0.05) is 0 Å². The fourth-order valence-corrected chi connectivity index (χ4v) is 0. The van der Waals surface area contributed by atoms with Crippen LogP contribution in [0.1, 0.15) is 0 Å². The first-order valence-electron chi connectivity index (χ1n) is 0.309. The third-order valence-corrected chi connectivity index (χ3v) is 0. The molecule has 0 bridgehead atoms. The molecule has 0 nitrogen and oxygen atoms in total. The maximum atomic E-state index is 4.68. The average Bonchev–Trinajstić information content (AvgIpc) is 0.918. The smallest absolute Gasteiger partial charge is 0.0523 e. The van der Waals surface area contributed by atoms with Crippen molar-refractivity contribution in [1.29, 1.82) is 0 Å². The van der Waals surface area contributed by atoms with Gasteiger partial charge in [0.15, 0.2) is 0 Å². The van der Waals surface area contributed by atoms with Crippen LogP contribution in [0.25, 0.3) is 0 Å². The van der Waals surface area contributed by atoms with Gasteiger partial charge in [-0.3, -0.25) is 0 Å². The first-order chi connectivity index (χ1) is 1.41. The predicted octanol–water partition coefficient (Wildman–Crippen LogP) is 3.94. The van der Waals surface area contributed by atoms with E-state index < -0.39 is 0 Å². The van der Waals surface area contributed by atoms with Crippen LogP contribution in [0.15, 0.2) is 0 Å². The molecule has 0 aromatic rings. The Morgan fingerprint density at radius 3 is 0.857 bits per heavy atom. The number of halogens is 5. The minimum Gasteiger partial charge on any atom is -0.153 e. The topological polar surface area (TPSA) is 0 Å². The zero-order valence-corrected chi connectivity index (χ0v) is 13.8. The van der Waals surface area contributed by atoms with Gasteiger partial charge in [0.1, 0.15) is 0 Å². The summed E-state index contributed by atoms with van der Waals surface area (Å²) in [5, 5.41) is 0. The quantitative estimate of drug-likeness (QED) is 0.345. The Kier molecular flexibility index (Phi) is 150. The minimum absolute atomic E-state index is 0. The lowest BCUT2D eigenvalue weighted by Crippen LogP contribution is -0.745. The summed E-state index contributed by atoms with van der Waals surface area (Å²) < 4.78 is 0. The van der Waals surface area contributed by atoms with Crippen molar-refractivity contribution in [1.82, 2.24) is 0 Å². The Morgan fingerprint density at radius 1 is 0.857 bits per heavy atom. The zero-order valence-electron chi connectivity index (χ0n) is 3.10. The molecule has 0 fully saturated rings. The number of rotatable bonds is 0. The van der Waals surface area contributed by atoms with Gasteiger partial charge in [0.05, 0.1) is 10.2 Å². The summed E-state index contributed by atoms with van der Waals surface area (Å²) in [6.07, 6.45) is 0. The van der Waals surface area contributed by atoms with Gasteiger partial charge in [-0.25, -0.2) is 0 Å². The molecular formula is H6Cl2I3PS. The van der Waals surface area contributed by atoms with E-state index >= 15 is 0 Å². The van der Waals surface area contributed by atoms with E-state index in [-0.39, 0.29) is 81.8 Å². The molecule has 0 saturated carbocycles. The summed E-state index contributed by atoms with van der Waals surface area (Å²) in [6, 6.07) is 0. The molecule has 0 rings (SSSR count). The Hall–Kier alpha value is 3.55. The van der Waals surface area contributed by atoms with Crippen LogP contribution in [0.2, 0.25) is 0 Å². The van der Waals surface area contributed by atoms with Crippen LogP contribution >= 0.6 is 113 Å². The Morgan fingerprint density at radius 2 is 0.857 bits per heavy atom. The molecule has 0 aliphatic rings. The van der Waals surface area contributed by atoms with E-state index in [1.54, 1.807) is 0 Å². The van der Waals surface area contributed by atoms with Gasteiger partial charge in [0.25, 0.3) is 0 Å². The minimum atomic E-state index is 0. The van der Waals surface area contributed by atoms with Gasteiger partial charge in [-0.05, 0) is 21.4 Å². The van der Waals surface area contributed by atoms with Crippen LogP contribution in [0.4, 0.5) is 0 Å². The summed E-state index contributed by atoms with van der Waals surface area (Å²) in [7, 11) is 10.1. The maximum Gasteiger partial charge on any atom is 0.0523 e. The third-order valence-electron chi connectivity index (χ3n) is 0. The van der Waals surface area contributed by atoms with E-state index in [1.165, 1.54) is 0 Å². The van der Waals surface area contributed by atoms with Crippen molar-refractivity contribution in [2.45, 2.75) is 0 Å². The predicted molar refractivity (Wildman–Crippen MR) is 76.6 cm³/mol. The molecule has 0 radical (unpaired) electrons. The Labute approximate surface area is 111 Å². The second-order valence-electron chi connectivity index (χ2n) is 0.0583. The van der Waals surface area contributed by atoms with E-state index in [4.69, 9.17) is 0 Å². The van der Waals surface area contributed by atoms with Gasteiger partial charge in [0, 0.05) is 0 Å². The molecule has 0 N–H and O–H groups in total. The SMILES string of the molecule is ClSCl.I.I.I.P. The molecule has 1 unspecified atom stereocenters. The van der Waals surface area contributed by atoms with Gasteiger partial charge < -0.3 is 0 Å².